The molecular weight excluding hydrogens is 252 g/mol. The second-order valence-electron chi connectivity index (χ2n) is 5.00. The Labute approximate surface area is 112 Å². The summed E-state index contributed by atoms with van der Waals surface area (Å²) in [6.45, 7) is 6.10. The van der Waals surface area contributed by atoms with Crippen molar-refractivity contribution >= 4 is 17.3 Å². The quantitative estimate of drug-likeness (QED) is 0.658. The molecule has 0 radical (unpaired) electrons. The average Bonchev–Trinajstić information content (AvgIpc) is 2.25. The van der Waals surface area contributed by atoms with Crippen molar-refractivity contribution in [2.24, 2.45) is 17.6 Å². The summed E-state index contributed by atoms with van der Waals surface area (Å²) in [7, 11) is 0. The van der Waals surface area contributed by atoms with Crippen LogP contribution in [0, 0.1) is 22.0 Å². The Morgan fingerprint density at radius 2 is 2.00 bits per heavy atom. The van der Waals surface area contributed by atoms with Crippen LogP contribution in [-0.4, -0.2) is 11.0 Å². The number of halogens is 1. The van der Waals surface area contributed by atoms with Crippen LogP contribution >= 0.6 is 11.6 Å². The van der Waals surface area contributed by atoms with Gasteiger partial charge in [-0.05, 0) is 31.2 Å². The third kappa shape index (κ3) is 3.68. The fourth-order valence-corrected chi connectivity index (χ4v) is 2.33. The molecule has 18 heavy (non-hydrogen) atoms. The molecule has 100 valence electrons. The van der Waals surface area contributed by atoms with E-state index in [0.717, 1.165) is 0 Å². The third-order valence-electron chi connectivity index (χ3n) is 3.23. The highest BCUT2D eigenvalue weighted by molar-refractivity contribution is 6.30. The minimum Gasteiger partial charge on any atom is -0.328 e. The van der Waals surface area contributed by atoms with Gasteiger partial charge in [-0.1, -0.05) is 31.5 Å². The van der Waals surface area contributed by atoms with E-state index in [1.54, 1.807) is 12.1 Å². The van der Waals surface area contributed by atoms with E-state index in [1.165, 1.54) is 6.07 Å². The van der Waals surface area contributed by atoms with E-state index in [2.05, 4.69) is 13.8 Å². The molecule has 5 heteroatoms. The normalized spacial score (nSPS) is 14.6. The van der Waals surface area contributed by atoms with Gasteiger partial charge in [0.05, 0.1) is 4.92 Å². The van der Waals surface area contributed by atoms with E-state index in [-0.39, 0.29) is 22.6 Å². The van der Waals surface area contributed by atoms with Crippen molar-refractivity contribution in [3.63, 3.8) is 0 Å². The zero-order valence-electron chi connectivity index (χ0n) is 10.9. The highest BCUT2D eigenvalue weighted by atomic mass is 35.5. The summed E-state index contributed by atoms with van der Waals surface area (Å²) >= 11 is 5.79. The monoisotopic (exact) mass is 270 g/mol. The summed E-state index contributed by atoms with van der Waals surface area (Å²) < 4.78 is 0. The fourth-order valence-electron chi connectivity index (χ4n) is 2.16. The van der Waals surface area contributed by atoms with Gasteiger partial charge in [0.2, 0.25) is 0 Å². The molecule has 0 aromatic heterocycles. The molecule has 0 bridgehead atoms. The number of nitrogens with two attached hydrogens (primary N) is 1. The van der Waals surface area contributed by atoms with Crippen molar-refractivity contribution in [1.29, 1.82) is 0 Å². The van der Waals surface area contributed by atoms with Gasteiger partial charge in [-0.25, -0.2) is 0 Å². The van der Waals surface area contributed by atoms with Gasteiger partial charge in [-0.15, -0.1) is 0 Å². The molecule has 0 aliphatic heterocycles. The highest BCUT2D eigenvalue weighted by Gasteiger charge is 2.23. The fraction of sp³-hybridized carbons (Fsp3) is 0.538. The zero-order chi connectivity index (χ0) is 13.9. The molecule has 0 fully saturated rings. The molecule has 4 nitrogen and oxygen atoms in total. The van der Waals surface area contributed by atoms with Gasteiger partial charge in [0.15, 0.2) is 0 Å². The molecule has 2 N–H and O–H groups in total. The van der Waals surface area contributed by atoms with E-state index >= 15 is 0 Å². The highest BCUT2D eigenvalue weighted by Crippen LogP contribution is 2.28. The van der Waals surface area contributed by atoms with Crippen LogP contribution in [0.1, 0.15) is 26.3 Å². The number of benzene rings is 1. The van der Waals surface area contributed by atoms with Gasteiger partial charge < -0.3 is 5.73 Å². The number of hydrogen-bond donors (Lipinski definition) is 1. The van der Waals surface area contributed by atoms with E-state index < -0.39 is 0 Å². The zero-order valence-corrected chi connectivity index (χ0v) is 11.6. The molecule has 0 saturated heterocycles. The molecule has 0 spiro atoms. The predicted octanol–water partition coefficient (Wildman–Crippen LogP) is 3.41. The Morgan fingerprint density at radius 1 is 1.39 bits per heavy atom. The minimum atomic E-state index is -0.389. The number of rotatable bonds is 5. The first-order valence-corrected chi connectivity index (χ1v) is 6.39. The third-order valence-corrected chi connectivity index (χ3v) is 3.47. The van der Waals surface area contributed by atoms with Crippen molar-refractivity contribution < 1.29 is 4.92 Å². The van der Waals surface area contributed by atoms with Crippen LogP contribution in [0.4, 0.5) is 5.69 Å². The first-order valence-electron chi connectivity index (χ1n) is 6.01. The molecule has 1 aromatic rings. The minimum absolute atomic E-state index is 0.000261. The SMILES string of the molecule is CC(C)C(Cc1ccc(Cl)cc1[N+](=O)[O-])C(C)N. The maximum absolute atomic E-state index is 11.0. The molecule has 1 aromatic carbocycles. The number of nitro groups is 1. The average molecular weight is 271 g/mol. The molecule has 2 atom stereocenters. The van der Waals surface area contributed by atoms with Crippen molar-refractivity contribution in [3.05, 3.63) is 38.9 Å². The standard InChI is InChI=1S/C13H19ClN2O2/c1-8(2)12(9(3)15)6-10-4-5-11(14)7-13(10)16(17)18/h4-5,7-9,12H,6,15H2,1-3H3. The van der Waals surface area contributed by atoms with Gasteiger partial charge in [-0.2, -0.15) is 0 Å². The first-order chi connectivity index (χ1) is 8.32. The van der Waals surface area contributed by atoms with E-state index in [4.69, 9.17) is 17.3 Å². The Hall–Kier alpha value is -1.13. The topological polar surface area (TPSA) is 69.2 Å². The van der Waals surface area contributed by atoms with Crippen molar-refractivity contribution in [2.45, 2.75) is 33.2 Å². The number of nitrogens with zero attached hydrogens (tertiary/aromatic N) is 1. The second-order valence-corrected chi connectivity index (χ2v) is 5.44. The van der Waals surface area contributed by atoms with Crippen LogP contribution in [0.25, 0.3) is 0 Å². The Balaban J connectivity index is 3.06. The van der Waals surface area contributed by atoms with Crippen LogP contribution in [-0.2, 0) is 6.42 Å². The predicted molar refractivity (Wildman–Crippen MR) is 73.8 cm³/mol. The Morgan fingerprint density at radius 3 is 2.44 bits per heavy atom. The van der Waals surface area contributed by atoms with Gasteiger partial charge in [0, 0.05) is 22.7 Å². The van der Waals surface area contributed by atoms with Crippen molar-refractivity contribution in [2.75, 3.05) is 0 Å². The van der Waals surface area contributed by atoms with Crippen LogP contribution < -0.4 is 5.73 Å². The molecule has 0 aliphatic carbocycles. The smallest absolute Gasteiger partial charge is 0.274 e. The number of nitro benzene ring substituents is 1. The summed E-state index contributed by atoms with van der Waals surface area (Å²) in [5.74, 6) is 0.588. The van der Waals surface area contributed by atoms with Crippen molar-refractivity contribution in [3.8, 4) is 0 Å². The molecule has 1 rings (SSSR count). The van der Waals surface area contributed by atoms with Crippen LogP contribution in [0.3, 0.4) is 0 Å². The summed E-state index contributed by atoms with van der Waals surface area (Å²) in [6.07, 6.45) is 0.600. The summed E-state index contributed by atoms with van der Waals surface area (Å²) in [5.41, 5.74) is 6.72. The lowest BCUT2D eigenvalue weighted by Gasteiger charge is -2.24. The Kier molecular flexibility index (Phi) is 5.11. The van der Waals surface area contributed by atoms with Crippen LogP contribution in [0.15, 0.2) is 18.2 Å². The van der Waals surface area contributed by atoms with Gasteiger partial charge in [0.1, 0.15) is 0 Å². The molecule has 0 heterocycles. The van der Waals surface area contributed by atoms with E-state index in [1.807, 2.05) is 6.92 Å². The first kappa shape index (κ1) is 14.9. The lowest BCUT2D eigenvalue weighted by molar-refractivity contribution is -0.385. The lowest BCUT2D eigenvalue weighted by atomic mass is 9.84. The van der Waals surface area contributed by atoms with Crippen LogP contribution in [0.5, 0.6) is 0 Å². The lowest BCUT2D eigenvalue weighted by Crippen LogP contribution is -2.32. The molecule has 0 amide bonds. The largest absolute Gasteiger partial charge is 0.328 e. The molecule has 2 unspecified atom stereocenters. The van der Waals surface area contributed by atoms with Crippen molar-refractivity contribution in [1.82, 2.24) is 0 Å². The molecule has 0 saturated carbocycles. The maximum atomic E-state index is 11.0. The van der Waals surface area contributed by atoms with Crippen LogP contribution in [0.2, 0.25) is 5.02 Å². The summed E-state index contributed by atoms with van der Waals surface area (Å²) in [5, 5.41) is 11.4. The number of hydrogen-bond acceptors (Lipinski definition) is 3. The molecular formula is C13H19ClN2O2. The van der Waals surface area contributed by atoms with E-state index in [9.17, 15) is 10.1 Å². The second kappa shape index (κ2) is 6.16. The Bertz CT molecular complexity index is 425. The van der Waals surface area contributed by atoms with E-state index in [0.29, 0.717) is 22.9 Å². The summed E-state index contributed by atoms with van der Waals surface area (Å²) in [6, 6.07) is 4.80. The van der Waals surface area contributed by atoms with Gasteiger partial charge in [-0.3, -0.25) is 10.1 Å². The summed E-state index contributed by atoms with van der Waals surface area (Å²) in [4.78, 5) is 10.6. The maximum Gasteiger partial charge on any atom is 0.274 e. The molecule has 0 aliphatic rings. The van der Waals surface area contributed by atoms with Gasteiger partial charge in [0.25, 0.3) is 5.69 Å². The van der Waals surface area contributed by atoms with Gasteiger partial charge >= 0.3 is 0 Å².